The van der Waals surface area contributed by atoms with Gasteiger partial charge in [-0.1, -0.05) is 6.92 Å². The van der Waals surface area contributed by atoms with Gasteiger partial charge in [-0.15, -0.1) is 12.4 Å². The van der Waals surface area contributed by atoms with Gasteiger partial charge < -0.3 is 15.4 Å². The number of nitrogens with two attached hydrogens (primary N) is 1. The summed E-state index contributed by atoms with van der Waals surface area (Å²) in [6.07, 6.45) is 3.66. The minimum Gasteiger partial charge on any atom is -0.381 e. The minimum atomic E-state index is 0. The molecule has 2 rings (SSSR count). The Bertz CT molecular complexity index is 197. The summed E-state index contributed by atoms with van der Waals surface area (Å²) in [6.45, 7) is 7.86. The number of hydrogen-bond donors (Lipinski definition) is 1. The lowest BCUT2D eigenvalue weighted by Gasteiger charge is -2.37. The normalized spacial score (nSPS) is 33.4. The molecule has 2 saturated heterocycles. The van der Waals surface area contributed by atoms with Gasteiger partial charge in [0, 0.05) is 32.3 Å². The summed E-state index contributed by atoms with van der Waals surface area (Å²) in [4.78, 5) is 2.60. The fraction of sp³-hybridized carbons (Fsp3) is 1.00. The number of rotatable bonds is 2. The molecule has 0 spiro atoms. The van der Waals surface area contributed by atoms with Crippen molar-refractivity contribution < 1.29 is 4.74 Å². The van der Waals surface area contributed by atoms with Crippen molar-refractivity contribution in [3.05, 3.63) is 0 Å². The quantitative estimate of drug-likeness (QED) is 0.805. The molecule has 0 bridgehead atoms. The van der Waals surface area contributed by atoms with Crippen LogP contribution in [0.1, 0.15) is 26.2 Å². The molecule has 0 saturated carbocycles. The van der Waals surface area contributed by atoms with E-state index in [4.69, 9.17) is 10.5 Å². The molecule has 2 unspecified atom stereocenters. The standard InChI is InChI=1S/C12H24N2O.ClH/c1-10-8-14(5-2-12(10)13)9-11-3-6-15-7-4-11;/h10-12H,2-9,13H2,1H3;1H. The number of likely N-dealkylation sites (tertiary alicyclic amines) is 1. The van der Waals surface area contributed by atoms with Crippen molar-refractivity contribution in [1.82, 2.24) is 4.90 Å². The molecule has 0 aromatic carbocycles. The lowest BCUT2D eigenvalue weighted by atomic mass is 9.92. The van der Waals surface area contributed by atoms with Crippen molar-refractivity contribution >= 4 is 12.4 Å². The molecule has 2 atom stereocenters. The average Bonchev–Trinajstić information content (AvgIpc) is 2.25. The molecule has 2 aliphatic rings. The van der Waals surface area contributed by atoms with E-state index in [1.165, 1.54) is 38.9 Å². The van der Waals surface area contributed by atoms with Gasteiger partial charge in [0.15, 0.2) is 0 Å². The lowest BCUT2D eigenvalue weighted by molar-refractivity contribution is 0.0443. The highest BCUT2D eigenvalue weighted by molar-refractivity contribution is 5.85. The van der Waals surface area contributed by atoms with Gasteiger partial charge in [-0.05, 0) is 37.6 Å². The predicted molar refractivity (Wildman–Crippen MR) is 69.0 cm³/mol. The van der Waals surface area contributed by atoms with Gasteiger partial charge >= 0.3 is 0 Å². The zero-order chi connectivity index (χ0) is 10.7. The van der Waals surface area contributed by atoms with Crippen LogP contribution in [0.5, 0.6) is 0 Å². The van der Waals surface area contributed by atoms with Crippen LogP contribution >= 0.6 is 12.4 Å². The van der Waals surface area contributed by atoms with Crippen LogP contribution in [0.25, 0.3) is 0 Å². The van der Waals surface area contributed by atoms with Crippen molar-refractivity contribution in [3.63, 3.8) is 0 Å². The second-order valence-electron chi connectivity index (χ2n) is 5.25. The Morgan fingerprint density at radius 1 is 1.25 bits per heavy atom. The molecule has 0 aromatic rings. The summed E-state index contributed by atoms with van der Waals surface area (Å²) in [5, 5.41) is 0. The topological polar surface area (TPSA) is 38.5 Å². The molecule has 96 valence electrons. The van der Waals surface area contributed by atoms with Gasteiger partial charge in [0.25, 0.3) is 0 Å². The summed E-state index contributed by atoms with van der Waals surface area (Å²) in [5.74, 6) is 1.53. The highest BCUT2D eigenvalue weighted by atomic mass is 35.5. The van der Waals surface area contributed by atoms with Crippen molar-refractivity contribution in [2.24, 2.45) is 17.6 Å². The Kier molecular flexibility index (Phi) is 6.05. The van der Waals surface area contributed by atoms with Gasteiger partial charge in [0.05, 0.1) is 0 Å². The minimum absolute atomic E-state index is 0. The molecule has 0 aromatic heterocycles. The molecular formula is C12H25ClN2O. The fourth-order valence-corrected chi connectivity index (χ4v) is 2.71. The van der Waals surface area contributed by atoms with E-state index in [0.717, 1.165) is 19.1 Å². The highest BCUT2D eigenvalue weighted by Gasteiger charge is 2.25. The highest BCUT2D eigenvalue weighted by Crippen LogP contribution is 2.20. The SMILES string of the molecule is CC1CN(CC2CCOCC2)CCC1N.Cl. The molecular weight excluding hydrogens is 224 g/mol. The fourth-order valence-electron chi connectivity index (χ4n) is 2.71. The zero-order valence-electron chi connectivity index (χ0n) is 10.2. The van der Waals surface area contributed by atoms with Gasteiger partial charge in [0.1, 0.15) is 0 Å². The van der Waals surface area contributed by atoms with E-state index in [1.807, 2.05) is 0 Å². The van der Waals surface area contributed by atoms with Crippen LogP contribution in [-0.4, -0.2) is 43.8 Å². The predicted octanol–water partition coefficient (Wildman–Crippen LogP) is 1.50. The summed E-state index contributed by atoms with van der Waals surface area (Å²) in [7, 11) is 0. The molecule has 3 nitrogen and oxygen atoms in total. The molecule has 0 amide bonds. The van der Waals surface area contributed by atoms with Crippen molar-refractivity contribution in [2.75, 3.05) is 32.8 Å². The van der Waals surface area contributed by atoms with Gasteiger partial charge in [-0.2, -0.15) is 0 Å². The number of nitrogens with zero attached hydrogens (tertiary/aromatic N) is 1. The summed E-state index contributed by atoms with van der Waals surface area (Å²) in [6, 6.07) is 0.427. The van der Waals surface area contributed by atoms with Gasteiger partial charge in [-0.25, -0.2) is 0 Å². The number of ether oxygens (including phenoxy) is 1. The van der Waals surface area contributed by atoms with Crippen LogP contribution in [0.2, 0.25) is 0 Å². The second kappa shape index (κ2) is 6.80. The van der Waals surface area contributed by atoms with Crippen LogP contribution in [0.4, 0.5) is 0 Å². The van der Waals surface area contributed by atoms with Crippen molar-refractivity contribution in [3.8, 4) is 0 Å². The first-order chi connectivity index (χ1) is 7.25. The van der Waals surface area contributed by atoms with E-state index in [9.17, 15) is 0 Å². The smallest absolute Gasteiger partial charge is 0.0469 e. The largest absolute Gasteiger partial charge is 0.381 e. The summed E-state index contributed by atoms with van der Waals surface area (Å²) in [5.41, 5.74) is 6.03. The molecule has 2 heterocycles. The van der Waals surface area contributed by atoms with Crippen LogP contribution in [0.3, 0.4) is 0 Å². The molecule has 4 heteroatoms. The first-order valence-electron chi connectivity index (χ1n) is 6.31. The van der Waals surface area contributed by atoms with Crippen LogP contribution in [0, 0.1) is 11.8 Å². The maximum atomic E-state index is 6.03. The Morgan fingerprint density at radius 3 is 2.56 bits per heavy atom. The molecule has 2 fully saturated rings. The molecule has 2 aliphatic heterocycles. The lowest BCUT2D eigenvalue weighted by Crippen LogP contribution is -2.47. The zero-order valence-corrected chi connectivity index (χ0v) is 11.0. The molecule has 0 aliphatic carbocycles. The van der Waals surface area contributed by atoms with E-state index in [2.05, 4.69) is 11.8 Å². The summed E-state index contributed by atoms with van der Waals surface area (Å²) >= 11 is 0. The van der Waals surface area contributed by atoms with E-state index in [-0.39, 0.29) is 12.4 Å². The first-order valence-corrected chi connectivity index (χ1v) is 6.31. The Hall–Kier alpha value is 0.170. The molecule has 0 radical (unpaired) electrons. The van der Waals surface area contributed by atoms with E-state index >= 15 is 0 Å². The Labute approximate surface area is 105 Å². The number of hydrogen-bond acceptors (Lipinski definition) is 3. The third kappa shape index (κ3) is 3.88. The Morgan fingerprint density at radius 2 is 1.94 bits per heavy atom. The average molecular weight is 249 g/mol. The number of piperidine rings is 1. The third-order valence-corrected chi connectivity index (χ3v) is 3.91. The van der Waals surface area contributed by atoms with Crippen LogP contribution in [0.15, 0.2) is 0 Å². The molecule has 2 N–H and O–H groups in total. The molecule has 16 heavy (non-hydrogen) atoms. The van der Waals surface area contributed by atoms with E-state index in [1.54, 1.807) is 0 Å². The monoisotopic (exact) mass is 248 g/mol. The van der Waals surface area contributed by atoms with Crippen molar-refractivity contribution in [1.29, 1.82) is 0 Å². The van der Waals surface area contributed by atoms with Crippen molar-refractivity contribution in [2.45, 2.75) is 32.2 Å². The van der Waals surface area contributed by atoms with Gasteiger partial charge in [-0.3, -0.25) is 0 Å². The maximum absolute atomic E-state index is 6.03. The number of halogens is 1. The second-order valence-corrected chi connectivity index (χ2v) is 5.25. The van der Waals surface area contributed by atoms with Crippen LogP contribution in [-0.2, 0) is 4.74 Å². The third-order valence-electron chi connectivity index (χ3n) is 3.91. The van der Waals surface area contributed by atoms with Gasteiger partial charge in [0.2, 0.25) is 0 Å². The summed E-state index contributed by atoms with van der Waals surface area (Å²) < 4.78 is 5.39. The first kappa shape index (κ1) is 14.2. The maximum Gasteiger partial charge on any atom is 0.0469 e. The Balaban J connectivity index is 0.00000128. The van der Waals surface area contributed by atoms with E-state index < -0.39 is 0 Å². The van der Waals surface area contributed by atoms with Crippen LogP contribution < -0.4 is 5.73 Å². The van der Waals surface area contributed by atoms with E-state index in [0.29, 0.717) is 12.0 Å².